The topological polar surface area (TPSA) is 85.6 Å². The van der Waals surface area contributed by atoms with Gasteiger partial charge >= 0.3 is 11.6 Å². The highest BCUT2D eigenvalue weighted by Gasteiger charge is 2.22. The number of ether oxygens (including phenoxy) is 1. The van der Waals surface area contributed by atoms with Gasteiger partial charge in [0.25, 0.3) is 5.91 Å². The Kier molecular flexibility index (Phi) is 6.44. The minimum absolute atomic E-state index is 0.163. The maximum absolute atomic E-state index is 12.4. The lowest BCUT2D eigenvalue weighted by Crippen LogP contribution is -2.38. The molecule has 150 valence electrons. The van der Waals surface area contributed by atoms with Gasteiger partial charge in [-0.25, -0.2) is 9.59 Å². The molecular weight excluding hydrogens is 370 g/mol. The zero-order valence-corrected chi connectivity index (χ0v) is 16.4. The van der Waals surface area contributed by atoms with Crippen LogP contribution in [0.25, 0.3) is 11.0 Å². The van der Waals surface area contributed by atoms with Gasteiger partial charge in [-0.1, -0.05) is 55.5 Å². The van der Waals surface area contributed by atoms with Gasteiger partial charge in [0.2, 0.25) is 0 Å². The number of carbonyl (C=O) groups excluding carboxylic acids is 2. The highest BCUT2D eigenvalue weighted by Crippen LogP contribution is 2.18. The van der Waals surface area contributed by atoms with E-state index in [1.54, 1.807) is 24.3 Å². The molecule has 6 heteroatoms. The second kappa shape index (κ2) is 9.19. The molecule has 1 aromatic heterocycles. The van der Waals surface area contributed by atoms with Gasteiger partial charge in [-0.15, -0.1) is 0 Å². The Labute approximate surface area is 168 Å². The molecule has 1 heterocycles. The molecule has 0 radical (unpaired) electrons. The van der Waals surface area contributed by atoms with Gasteiger partial charge in [0.1, 0.15) is 11.1 Å². The first-order valence-electron chi connectivity index (χ1n) is 9.56. The monoisotopic (exact) mass is 393 g/mol. The Bertz CT molecular complexity index is 1060. The fourth-order valence-corrected chi connectivity index (χ4v) is 3.07. The van der Waals surface area contributed by atoms with Gasteiger partial charge in [0, 0.05) is 17.8 Å². The van der Waals surface area contributed by atoms with E-state index in [1.165, 1.54) is 13.0 Å². The van der Waals surface area contributed by atoms with Crippen LogP contribution >= 0.6 is 0 Å². The predicted molar refractivity (Wildman–Crippen MR) is 110 cm³/mol. The van der Waals surface area contributed by atoms with Crippen LogP contribution in [0.4, 0.5) is 0 Å². The van der Waals surface area contributed by atoms with E-state index in [9.17, 15) is 14.4 Å². The van der Waals surface area contributed by atoms with E-state index in [0.717, 1.165) is 12.0 Å². The maximum Gasteiger partial charge on any atom is 0.351 e. The lowest BCUT2D eigenvalue weighted by atomic mass is 9.96. The van der Waals surface area contributed by atoms with Crippen LogP contribution in [0.15, 0.2) is 69.9 Å². The fourth-order valence-electron chi connectivity index (χ4n) is 3.07. The average Bonchev–Trinajstić information content (AvgIpc) is 2.74. The number of rotatable bonds is 7. The van der Waals surface area contributed by atoms with Crippen LogP contribution in [0.2, 0.25) is 0 Å². The summed E-state index contributed by atoms with van der Waals surface area (Å²) in [5.41, 5.74) is 0.482. The minimum Gasteiger partial charge on any atom is -0.449 e. The Morgan fingerprint density at radius 3 is 2.48 bits per heavy atom. The zero-order valence-electron chi connectivity index (χ0n) is 16.4. The number of benzene rings is 2. The summed E-state index contributed by atoms with van der Waals surface area (Å²) in [5.74, 6) is -1.14. The van der Waals surface area contributed by atoms with E-state index in [2.05, 4.69) is 5.32 Å². The maximum atomic E-state index is 12.4. The molecule has 6 nitrogen and oxygen atoms in total. The quantitative estimate of drug-likeness (QED) is 0.489. The van der Waals surface area contributed by atoms with E-state index >= 15 is 0 Å². The van der Waals surface area contributed by atoms with Crippen molar-refractivity contribution in [3.8, 4) is 0 Å². The zero-order chi connectivity index (χ0) is 20.8. The highest BCUT2D eigenvalue weighted by atomic mass is 16.5. The molecule has 2 atom stereocenters. The number of esters is 1. The third kappa shape index (κ3) is 4.90. The second-order valence-corrected chi connectivity index (χ2v) is 6.79. The van der Waals surface area contributed by atoms with E-state index in [1.807, 2.05) is 37.3 Å². The van der Waals surface area contributed by atoms with Crippen molar-refractivity contribution in [2.45, 2.75) is 32.3 Å². The summed E-state index contributed by atoms with van der Waals surface area (Å²) in [5, 5.41) is 3.42. The van der Waals surface area contributed by atoms with E-state index in [-0.39, 0.29) is 11.5 Å². The molecule has 1 N–H and O–H groups in total. The van der Waals surface area contributed by atoms with Crippen LogP contribution in [0.3, 0.4) is 0 Å². The van der Waals surface area contributed by atoms with Crippen molar-refractivity contribution in [3.05, 3.63) is 82.2 Å². The van der Waals surface area contributed by atoms with Crippen molar-refractivity contribution in [2.24, 2.45) is 0 Å². The Balaban J connectivity index is 1.62. The molecule has 0 saturated heterocycles. The van der Waals surface area contributed by atoms with E-state index < -0.39 is 23.6 Å². The number of carbonyl (C=O) groups is 2. The molecule has 0 aliphatic carbocycles. The molecule has 0 aliphatic rings. The van der Waals surface area contributed by atoms with Gasteiger partial charge in [0.05, 0.1) is 0 Å². The van der Waals surface area contributed by atoms with Gasteiger partial charge in [-0.05, 0) is 31.0 Å². The van der Waals surface area contributed by atoms with Crippen molar-refractivity contribution >= 4 is 22.8 Å². The molecule has 0 bridgehead atoms. The number of amides is 1. The summed E-state index contributed by atoms with van der Waals surface area (Å²) >= 11 is 0. The molecule has 0 spiro atoms. The molecule has 0 saturated carbocycles. The molecular formula is C23H23NO5. The van der Waals surface area contributed by atoms with E-state index in [4.69, 9.17) is 9.15 Å². The van der Waals surface area contributed by atoms with Gasteiger partial charge in [-0.3, -0.25) is 4.79 Å². The van der Waals surface area contributed by atoms with Gasteiger partial charge in [0.15, 0.2) is 6.10 Å². The Morgan fingerprint density at radius 2 is 1.76 bits per heavy atom. The summed E-state index contributed by atoms with van der Waals surface area (Å²) in [6.45, 7) is 3.95. The highest BCUT2D eigenvalue weighted by molar-refractivity contribution is 5.94. The SMILES string of the molecule is CC[C@H](CNC(=O)[C@H](C)OC(=O)c1cc2ccccc2oc1=O)c1ccccc1. The third-order valence-corrected chi connectivity index (χ3v) is 4.80. The molecule has 0 fully saturated rings. The molecule has 0 aliphatic heterocycles. The number of para-hydroxylation sites is 1. The average molecular weight is 393 g/mol. The standard InChI is InChI=1S/C23H23NO5/c1-3-16(17-9-5-4-6-10-17)14-24-21(25)15(2)28-22(26)19-13-18-11-7-8-12-20(18)29-23(19)27/h4-13,15-16H,3,14H2,1-2H3,(H,24,25)/t15-,16+/m0/s1. The lowest BCUT2D eigenvalue weighted by Gasteiger charge is -2.18. The Morgan fingerprint density at radius 1 is 1.07 bits per heavy atom. The van der Waals surface area contributed by atoms with Gasteiger partial charge < -0.3 is 14.5 Å². The lowest BCUT2D eigenvalue weighted by molar-refractivity contribution is -0.129. The Hall–Kier alpha value is -3.41. The molecule has 1 amide bonds. The van der Waals surface area contributed by atoms with Crippen LogP contribution in [-0.2, 0) is 9.53 Å². The molecule has 0 unspecified atom stereocenters. The van der Waals surface area contributed by atoms with Crippen LogP contribution in [0.1, 0.15) is 42.1 Å². The first kappa shape index (κ1) is 20.3. The fraction of sp³-hybridized carbons (Fsp3) is 0.261. The summed E-state index contributed by atoms with van der Waals surface area (Å²) in [6, 6.07) is 18.2. The van der Waals surface area contributed by atoms with Gasteiger partial charge in [-0.2, -0.15) is 0 Å². The van der Waals surface area contributed by atoms with Crippen molar-refractivity contribution in [2.75, 3.05) is 6.54 Å². The van der Waals surface area contributed by atoms with Crippen LogP contribution in [0.5, 0.6) is 0 Å². The van der Waals surface area contributed by atoms with Crippen molar-refractivity contribution in [1.29, 1.82) is 0 Å². The predicted octanol–water partition coefficient (Wildman–Crippen LogP) is 3.65. The van der Waals surface area contributed by atoms with Crippen molar-refractivity contribution in [1.82, 2.24) is 5.32 Å². The first-order chi connectivity index (χ1) is 14.0. The number of hydrogen-bond acceptors (Lipinski definition) is 5. The van der Waals surface area contributed by atoms with Crippen LogP contribution in [0, 0.1) is 0 Å². The number of nitrogens with one attached hydrogen (secondary N) is 1. The number of fused-ring (bicyclic) bond motifs is 1. The molecule has 3 rings (SSSR count). The smallest absolute Gasteiger partial charge is 0.351 e. The summed E-state index contributed by atoms with van der Waals surface area (Å²) in [4.78, 5) is 36.8. The summed E-state index contributed by atoms with van der Waals surface area (Å²) in [7, 11) is 0. The molecule has 2 aromatic carbocycles. The molecule has 3 aromatic rings. The van der Waals surface area contributed by atoms with Crippen LogP contribution in [-0.4, -0.2) is 24.5 Å². The van der Waals surface area contributed by atoms with Crippen molar-refractivity contribution in [3.63, 3.8) is 0 Å². The normalized spacial score (nSPS) is 12.9. The third-order valence-electron chi connectivity index (χ3n) is 4.80. The molecule has 29 heavy (non-hydrogen) atoms. The van der Waals surface area contributed by atoms with E-state index in [0.29, 0.717) is 17.5 Å². The van der Waals surface area contributed by atoms with Crippen LogP contribution < -0.4 is 10.9 Å². The minimum atomic E-state index is -1.04. The number of hydrogen-bond donors (Lipinski definition) is 1. The summed E-state index contributed by atoms with van der Waals surface area (Å²) < 4.78 is 10.3. The second-order valence-electron chi connectivity index (χ2n) is 6.79. The first-order valence-corrected chi connectivity index (χ1v) is 9.56. The summed E-state index contributed by atoms with van der Waals surface area (Å²) in [6.07, 6.45) is -0.182. The van der Waals surface area contributed by atoms with Crippen molar-refractivity contribution < 1.29 is 18.7 Å². The largest absolute Gasteiger partial charge is 0.449 e.